The number of morpholine rings is 1. The topological polar surface area (TPSA) is 50.8 Å². The molecule has 1 fully saturated rings. The molecule has 164 valence electrons. The zero-order valence-corrected chi connectivity index (χ0v) is 19.7. The molecule has 0 aliphatic carbocycles. The van der Waals surface area contributed by atoms with E-state index in [0.717, 1.165) is 59.5 Å². The van der Waals surface area contributed by atoms with Crippen molar-refractivity contribution in [3.05, 3.63) is 70.7 Å². The number of hydrogen-bond acceptors (Lipinski definition) is 4. The molecule has 0 unspecified atom stereocenters. The van der Waals surface area contributed by atoms with Crippen LogP contribution in [0.5, 0.6) is 5.75 Å². The van der Waals surface area contributed by atoms with Crippen molar-refractivity contribution < 1.29 is 14.3 Å². The molecule has 3 aromatic carbocycles. The number of ether oxygens (including phenoxy) is 2. The van der Waals surface area contributed by atoms with E-state index in [1.54, 1.807) is 12.1 Å². The van der Waals surface area contributed by atoms with Crippen LogP contribution < -0.4 is 10.1 Å². The highest BCUT2D eigenvalue weighted by Gasteiger charge is 2.13. The Bertz CT molecular complexity index is 1000. The predicted octanol–water partition coefficient (Wildman–Crippen LogP) is 5.59. The van der Waals surface area contributed by atoms with E-state index in [0.29, 0.717) is 12.2 Å². The van der Waals surface area contributed by atoms with Gasteiger partial charge in [0.05, 0.1) is 13.2 Å². The molecule has 4 rings (SSSR count). The number of amides is 1. The van der Waals surface area contributed by atoms with E-state index in [9.17, 15) is 4.79 Å². The fraction of sp³-hybridized carbons (Fsp3) is 0.320. The van der Waals surface area contributed by atoms with Crippen molar-refractivity contribution in [3.63, 3.8) is 0 Å². The minimum atomic E-state index is -0.141. The fourth-order valence-corrected chi connectivity index (χ4v) is 3.84. The minimum absolute atomic E-state index is 0.141. The Morgan fingerprint density at radius 3 is 2.52 bits per heavy atom. The summed E-state index contributed by atoms with van der Waals surface area (Å²) in [6.07, 6.45) is 0. The van der Waals surface area contributed by atoms with Crippen LogP contribution in [0.25, 0.3) is 10.8 Å². The lowest BCUT2D eigenvalue weighted by molar-refractivity contribution is 0.0323. The molecule has 0 atom stereocenters. The van der Waals surface area contributed by atoms with Crippen LogP contribution in [0.1, 0.15) is 24.2 Å². The zero-order valence-electron chi connectivity index (χ0n) is 18.1. The quantitative estimate of drug-likeness (QED) is 0.495. The Balaban J connectivity index is 0.00000132. The third-order valence-electron chi connectivity index (χ3n) is 4.99. The standard InChI is InChI=1S/C23H23BrN2O3.C2H6/c24-18-5-3-4-17(16-18)23(27)25-21-8-9-22(20-7-2-1-6-19(20)21)29-15-12-26-10-13-28-14-11-26;1-2/h1-9,16H,10-15H2,(H,25,27);1-2H3. The number of nitrogens with zero attached hydrogens (tertiary/aromatic N) is 1. The third-order valence-corrected chi connectivity index (χ3v) is 5.48. The van der Waals surface area contributed by atoms with Gasteiger partial charge in [-0.1, -0.05) is 60.1 Å². The van der Waals surface area contributed by atoms with Crippen LogP contribution in [0.4, 0.5) is 5.69 Å². The molecule has 1 N–H and O–H groups in total. The van der Waals surface area contributed by atoms with Crippen molar-refractivity contribution in [2.45, 2.75) is 13.8 Å². The molecule has 31 heavy (non-hydrogen) atoms. The van der Waals surface area contributed by atoms with Crippen LogP contribution in [0.3, 0.4) is 0 Å². The van der Waals surface area contributed by atoms with Crippen LogP contribution in [0.2, 0.25) is 0 Å². The Kier molecular flexibility index (Phi) is 8.88. The van der Waals surface area contributed by atoms with Crippen molar-refractivity contribution >= 4 is 38.3 Å². The Hall–Kier alpha value is -2.41. The van der Waals surface area contributed by atoms with Gasteiger partial charge in [-0.2, -0.15) is 0 Å². The van der Waals surface area contributed by atoms with Gasteiger partial charge in [0.1, 0.15) is 12.4 Å². The molecule has 1 amide bonds. The molecular formula is C25H29BrN2O3. The molecule has 0 saturated carbocycles. The zero-order chi connectivity index (χ0) is 22.1. The average molecular weight is 485 g/mol. The predicted molar refractivity (Wildman–Crippen MR) is 130 cm³/mol. The molecule has 0 bridgehead atoms. The van der Waals surface area contributed by atoms with E-state index >= 15 is 0 Å². The molecule has 3 aromatic rings. The number of halogens is 1. The number of fused-ring (bicyclic) bond motifs is 1. The first-order valence-electron chi connectivity index (χ1n) is 10.7. The molecule has 1 aliphatic rings. The largest absolute Gasteiger partial charge is 0.492 e. The van der Waals surface area contributed by atoms with Crippen molar-refractivity contribution in [2.75, 3.05) is 44.8 Å². The van der Waals surface area contributed by atoms with E-state index in [1.165, 1.54) is 0 Å². The number of carbonyl (C=O) groups excluding carboxylic acids is 1. The van der Waals surface area contributed by atoms with Gasteiger partial charge in [0.2, 0.25) is 0 Å². The van der Waals surface area contributed by atoms with E-state index in [2.05, 4.69) is 26.1 Å². The normalized spacial score (nSPS) is 13.9. The van der Waals surface area contributed by atoms with Gasteiger partial charge < -0.3 is 14.8 Å². The maximum Gasteiger partial charge on any atom is 0.255 e. The van der Waals surface area contributed by atoms with E-state index in [1.807, 2.05) is 62.4 Å². The molecule has 6 heteroatoms. The molecule has 0 aromatic heterocycles. The second-order valence-electron chi connectivity index (χ2n) is 6.92. The highest BCUT2D eigenvalue weighted by atomic mass is 79.9. The maximum absolute atomic E-state index is 12.7. The molecule has 1 aliphatic heterocycles. The summed E-state index contributed by atoms with van der Waals surface area (Å²) in [5.41, 5.74) is 1.38. The Morgan fingerprint density at radius 1 is 1.03 bits per heavy atom. The SMILES string of the molecule is CC.O=C(Nc1ccc(OCCN2CCOCC2)c2ccccc12)c1cccc(Br)c1. The highest BCUT2D eigenvalue weighted by Crippen LogP contribution is 2.32. The number of hydrogen-bond donors (Lipinski definition) is 1. The molecule has 0 spiro atoms. The van der Waals surface area contributed by atoms with Gasteiger partial charge in [0, 0.05) is 46.1 Å². The first-order chi connectivity index (χ1) is 15.2. The van der Waals surface area contributed by atoms with Crippen LogP contribution in [-0.2, 0) is 4.74 Å². The van der Waals surface area contributed by atoms with Crippen LogP contribution >= 0.6 is 15.9 Å². The first kappa shape index (κ1) is 23.3. The van der Waals surface area contributed by atoms with Crippen molar-refractivity contribution in [2.24, 2.45) is 0 Å². The number of benzene rings is 3. The van der Waals surface area contributed by atoms with Crippen molar-refractivity contribution in [1.82, 2.24) is 4.90 Å². The van der Waals surface area contributed by atoms with Gasteiger partial charge in [0.25, 0.3) is 5.91 Å². The van der Waals surface area contributed by atoms with E-state index in [-0.39, 0.29) is 5.91 Å². The van der Waals surface area contributed by atoms with Gasteiger partial charge in [-0.05, 0) is 30.3 Å². The molecule has 0 radical (unpaired) electrons. The Labute approximate surface area is 192 Å². The smallest absolute Gasteiger partial charge is 0.255 e. The van der Waals surface area contributed by atoms with Crippen LogP contribution in [0.15, 0.2) is 65.1 Å². The Morgan fingerprint density at radius 2 is 1.77 bits per heavy atom. The second-order valence-corrected chi connectivity index (χ2v) is 7.84. The summed E-state index contributed by atoms with van der Waals surface area (Å²) in [5.74, 6) is 0.687. The molecule has 5 nitrogen and oxygen atoms in total. The maximum atomic E-state index is 12.7. The van der Waals surface area contributed by atoms with Gasteiger partial charge in [-0.15, -0.1) is 0 Å². The summed E-state index contributed by atoms with van der Waals surface area (Å²) in [7, 11) is 0. The fourth-order valence-electron chi connectivity index (χ4n) is 3.44. The summed E-state index contributed by atoms with van der Waals surface area (Å²) < 4.78 is 12.3. The number of anilines is 1. The number of nitrogens with one attached hydrogen (secondary N) is 1. The monoisotopic (exact) mass is 484 g/mol. The van der Waals surface area contributed by atoms with Crippen LogP contribution in [0, 0.1) is 0 Å². The van der Waals surface area contributed by atoms with Gasteiger partial charge in [0.15, 0.2) is 0 Å². The lowest BCUT2D eigenvalue weighted by atomic mass is 10.1. The van der Waals surface area contributed by atoms with Gasteiger partial charge in [-0.25, -0.2) is 0 Å². The lowest BCUT2D eigenvalue weighted by Crippen LogP contribution is -2.38. The summed E-state index contributed by atoms with van der Waals surface area (Å²) in [6.45, 7) is 8.97. The third kappa shape index (κ3) is 6.29. The van der Waals surface area contributed by atoms with E-state index < -0.39 is 0 Å². The van der Waals surface area contributed by atoms with Gasteiger partial charge in [-0.3, -0.25) is 9.69 Å². The first-order valence-corrected chi connectivity index (χ1v) is 11.5. The molecular weight excluding hydrogens is 456 g/mol. The summed E-state index contributed by atoms with van der Waals surface area (Å²) >= 11 is 3.41. The number of carbonyl (C=O) groups is 1. The second kappa shape index (κ2) is 11.8. The number of rotatable bonds is 6. The summed E-state index contributed by atoms with van der Waals surface area (Å²) in [4.78, 5) is 15.0. The average Bonchev–Trinajstić information content (AvgIpc) is 2.82. The molecule has 1 saturated heterocycles. The van der Waals surface area contributed by atoms with Crippen molar-refractivity contribution in [3.8, 4) is 5.75 Å². The van der Waals surface area contributed by atoms with Crippen LogP contribution in [-0.4, -0.2) is 50.3 Å². The van der Waals surface area contributed by atoms with Gasteiger partial charge >= 0.3 is 0 Å². The van der Waals surface area contributed by atoms with E-state index in [4.69, 9.17) is 9.47 Å². The van der Waals surface area contributed by atoms with Crippen molar-refractivity contribution in [1.29, 1.82) is 0 Å². The summed E-state index contributed by atoms with van der Waals surface area (Å²) in [5, 5.41) is 4.97. The summed E-state index contributed by atoms with van der Waals surface area (Å²) in [6, 6.07) is 19.2. The highest BCUT2D eigenvalue weighted by molar-refractivity contribution is 9.10. The molecule has 1 heterocycles. The lowest BCUT2D eigenvalue weighted by Gasteiger charge is -2.26. The minimum Gasteiger partial charge on any atom is -0.492 e.